The molecule has 0 heterocycles. The van der Waals surface area contributed by atoms with Gasteiger partial charge < -0.3 is 0 Å². The molecule has 3 amide bonds. The van der Waals surface area contributed by atoms with Gasteiger partial charge in [-0.05, 0) is 0 Å². The Bertz CT molecular complexity index is 201. The highest BCUT2D eigenvalue weighted by molar-refractivity contribution is 7.47. The first-order valence-corrected chi connectivity index (χ1v) is 3.63. The third-order valence-corrected chi connectivity index (χ3v) is 1.24. The van der Waals surface area contributed by atoms with Gasteiger partial charge in [0.25, 0.3) is 9.70 Å². The molecule has 8 heteroatoms. The van der Waals surface area contributed by atoms with Crippen molar-refractivity contribution in [3.63, 3.8) is 0 Å². The number of alkyl halides is 3. The van der Waals surface area contributed by atoms with Crippen LogP contribution in [-0.4, -0.2) is 15.7 Å². The number of imide groups is 1. The van der Waals surface area contributed by atoms with Crippen molar-refractivity contribution in [3.05, 3.63) is 0 Å². The minimum Gasteiger partial charge on any atom is -0.272 e. The van der Waals surface area contributed by atoms with Crippen molar-refractivity contribution in [2.75, 3.05) is 0 Å². The second-order valence-electron chi connectivity index (χ2n) is 1.35. The molecule has 0 aliphatic rings. The van der Waals surface area contributed by atoms with Crippen molar-refractivity contribution in [2.24, 2.45) is 4.36 Å². The molecule has 0 bridgehead atoms. The first kappa shape index (κ1) is 11.0. The van der Waals surface area contributed by atoms with Crippen LogP contribution in [-0.2, 0) is 17.2 Å². The minimum atomic E-state index is -2.17. The zero-order valence-electron chi connectivity index (χ0n) is 4.81. The lowest BCUT2D eigenvalue weighted by Gasteiger charge is -2.07. The standard InChI is InChI=1S/C3HCl3N2O2S/c4-3(5,6)1(9)7-2(10)8-11/h(H,7,9,10). The fraction of sp³-hybridized carbons (Fsp3) is 0.333. The molecule has 0 rings (SSSR count). The Morgan fingerprint density at radius 3 is 2.09 bits per heavy atom. The van der Waals surface area contributed by atoms with E-state index < -0.39 is 15.7 Å². The normalized spacial score (nSPS) is 10.5. The van der Waals surface area contributed by atoms with Crippen LogP contribution in [0.1, 0.15) is 0 Å². The zero-order valence-corrected chi connectivity index (χ0v) is 7.89. The molecule has 0 fully saturated rings. The summed E-state index contributed by atoms with van der Waals surface area (Å²) in [5, 5.41) is 1.62. The highest BCUT2D eigenvalue weighted by atomic mass is 35.6. The van der Waals surface area contributed by atoms with Gasteiger partial charge in [0.05, 0.1) is 0 Å². The maximum atomic E-state index is 10.6. The van der Waals surface area contributed by atoms with Crippen LogP contribution in [0.15, 0.2) is 4.36 Å². The van der Waals surface area contributed by atoms with Crippen molar-refractivity contribution in [2.45, 2.75) is 3.79 Å². The SMILES string of the molecule is O=C(N=S)NC(=O)C(Cl)(Cl)Cl. The molecular formula is C3HCl3N2O2S. The number of rotatable bonds is 0. The number of carbonyl (C=O) groups is 2. The number of carbonyl (C=O) groups excluding carboxylic acids is 2. The summed E-state index contributed by atoms with van der Waals surface area (Å²) in [7, 11) is 0. The molecule has 1 N–H and O–H groups in total. The van der Waals surface area contributed by atoms with E-state index in [0.717, 1.165) is 0 Å². The summed E-state index contributed by atoms with van der Waals surface area (Å²) < 4.78 is 0.508. The molecule has 0 unspecified atom stereocenters. The van der Waals surface area contributed by atoms with Gasteiger partial charge in [0, 0.05) is 12.4 Å². The predicted octanol–water partition coefficient (Wildman–Crippen LogP) is 1.32. The Balaban J connectivity index is 4.09. The van der Waals surface area contributed by atoms with Crippen molar-refractivity contribution in [1.82, 2.24) is 5.32 Å². The summed E-state index contributed by atoms with van der Waals surface area (Å²) in [4.78, 5) is 20.9. The Hall–Kier alpha value is 0.0300. The molecule has 0 aliphatic carbocycles. The minimum absolute atomic E-state index is 1.03. The Morgan fingerprint density at radius 2 is 1.82 bits per heavy atom. The lowest BCUT2D eigenvalue weighted by molar-refractivity contribution is -0.119. The highest BCUT2D eigenvalue weighted by Gasteiger charge is 2.31. The van der Waals surface area contributed by atoms with E-state index in [4.69, 9.17) is 34.8 Å². The van der Waals surface area contributed by atoms with Crippen LogP contribution in [0.25, 0.3) is 0 Å². The molecular weight excluding hydrogens is 234 g/mol. The van der Waals surface area contributed by atoms with E-state index in [-0.39, 0.29) is 0 Å². The van der Waals surface area contributed by atoms with Crippen LogP contribution in [0.3, 0.4) is 0 Å². The van der Waals surface area contributed by atoms with E-state index >= 15 is 0 Å². The zero-order chi connectivity index (χ0) is 9.07. The molecule has 4 nitrogen and oxygen atoms in total. The molecule has 0 aliphatic heterocycles. The van der Waals surface area contributed by atoms with Crippen molar-refractivity contribution in [3.8, 4) is 0 Å². The lowest BCUT2D eigenvalue weighted by Crippen LogP contribution is -2.37. The van der Waals surface area contributed by atoms with Crippen molar-refractivity contribution >= 4 is 59.2 Å². The van der Waals surface area contributed by atoms with Gasteiger partial charge in [-0.1, -0.05) is 34.8 Å². The second-order valence-corrected chi connectivity index (χ2v) is 3.81. The van der Waals surface area contributed by atoms with E-state index in [1.807, 2.05) is 0 Å². The van der Waals surface area contributed by atoms with Gasteiger partial charge in [-0.3, -0.25) is 10.1 Å². The summed E-state index contributed by atoms with van der Waals surface area (Å²) in [6.07, 6.45) is 0. The number of hydrogen-bond acceptors (Lipinski definition) is 3. The maximum absolute atomic E-state index is 10.6. The van der Waals surface area contributed by atoms with Gasteiger partial charge in [-0.25, -0.2) is 4.79 Å². The summed E-state index contributed by atoms with van der Waals surface area (Å²) in [5.74, 6) is -1.08. The van der Waals surface area contributed by atoms with Crippen LogP contribution in [0.4, 0.5) is 4.79 Å². The van der Waals surface area contributed by atoms with Crippen LogP contribution in [0, 0.1) is 0 Å². The highest BCUT2D eigenvalue weighted by Crippen LogP contribution is 2.25. The van der Waals surface area contributed by atoms with Crippen molar-refractivity contribution < 1.29 is 9.59 Å². The summed E-state index contributed by atoms with van der Waals surface area (Å²) in [5.41, 5.74) is 0. The van der Waals surface area contributed by atoms with Gasteiger partial charge in [0.15, 0.2) is 0 Å². The van der Waals surface area contributed by atoms with Gasteiger partial charge >= 0.3 is 6.03 Å². The molecule has 0 radical (unpaired) electrons. The van der Waals surface area contributed by atoms with E-state index in [9.17, 15) is 9.59 Å². The molecule has 0 spiro atoms. The number of halogens is 3. The Morgan fingerprint density at radius 1 is 1.36 bits per heavy atom. The number of urea groups is 1. The monoisotopic (exact) mass is 234 g/mol. The fourth-order valence-electron chi connectivity index (χ4n) is 0.191. The Labute approximate surface area is 82.3 Å². The third kappa shape index (κ3) is 4.47. The van der Waals surface area contributed by atoms with Crippen molar-refractivity contribution in [1.29, 1.82) is 0 Å². The average Bonchev–Trinajstić information content (AvgIpc) is 1.85. The summed E-state index contributed by atoms with van der Waals surface area (Å²) >= 11 is 19.2. The lowest BCUT2D eigenvalue weighted by atomic mass is 10.7. The summed E-state index contributed by atoms with van der Waals surface area (Å²) in [6.45, 7) is 0. The van der Waals surface area contributed by atoms with Gasteiger partial charge in [0.1, 0.15) is 0 Å². The molecule has 62 valence electrons. The Kier molecular flexibility index (Phi) is 4.17. The average molecular weight is 235 g/mol. The first-order valence-electron chi connectivity index (χ1n) is 2.13. The quantitative estimate of drug-likeness (QED) is 0.644. The van der Waals surface area contributed by atoms with E-state index in [1.54, 1.807) is 5.32 Å². The summed E-state index contributed by atoms with van der Waals surface area (Å²) in [6, 6.07) is -1.03. The maximum Gasteiger partial charge on any atom is 0.359 e. The third-order valence-electron chi connectivity index (χ3n) is 0.561. The van der Waals surface area contributed by atoms with Crippen LogP contribution >= 0.6 is 34.8 Å². The molecule has 11 heavy (non-hydrogen) atoms. The molecule has 0 saturated carbocycles. The number of hydrogen-bond donors (Lipinski definition) is 1. The van der Waals surface area contributed by atoms with Gasteiger partial charge in [-0.2, -0.15) is 0 Å². The van der Waals surface area contributed by atoms with E-state index in [1.165, 1.54) is 0 Å². The number of nitrogens with zero attached hydrogens (tertiary/aromatic N) is 1. The topological polar surface area (TPSA) is 58.5 Å². The molecule has 0 aromatic heterocycles. The molecule has 0 aromatic carbocycles. The fourth-order valence-corrected chi connectivity index (χ4v) is 0.378. The predicted molar refractivity (Wildman–Crippen MR) is 43.6 cm³/mol. The van der Waals surface area contributed by atoms with Gasteiger partial charge in [0.2, 0.25) is 0 Å². The smallest absolute Gasteiger partial charge is 0.272 e. The van der Waals surface area contributed by atoms with E-state index in [0.29, 0.717) is 0 Å². The van der Waals surface area contributed by atoms with Gasteiger partial charge in [-0.15, -0.1) is 4.36 Å². The molecule has 0 saturated heterocycles. The number of amides is 3. The van der Waals surface area contributed by atoms with Crippen LogP contribution < -0.4 is 5.32 Å². The van der Waals surface area contributed by atoms with E-state index in [2.05, 4.69) is 16.8 Å². The second kappa shape index (κ2) is 4.15. The van der Waals surface area contributed by atoms with Crippen LogP contribution in [0.2, 0.25) is 0 Å². The largest absolute Gasteiger partial charge is 0.359 e. The van der Waals surface area contributed by atoms with Crippen LogP contribution in [0.5, 0.6) is 0 Å². The molecule has 0 aromatic rings. The number of nitrogens with one attached hydrogen (secondary N) is 1. The molecule has 0 atom stereocenters. The first-order chi connectivity index (χ1) is 4.88.